The van der Waals surface area contributed by atoms with E-state index in [9.17, 15) is 4.79 Å². The molecule has 1 atom stereocenters. The molecule has 0 N–H and O–H groups in total. The second kappa shape index (κ2) is 7.31. The van der Waals surface area contributed by atoms with Gasteiger partial charge in [0.2, 0.25) is 0 Å². The van der Waals surface area contributed by atoms with Crippen molar-refractivity contribution in [2.45, 2.75) is 39.7 Å². The van der Waals surface area contributed by atoms with Gasteiger partial charge in [-0.05, 0) is 36.1 Å². The Kier molecular flexibility index (Phi) is 5.15. The molecule has 0 saturated carbocycles. The number of hydrogen-bond acceptors (Lipinski definition) is 2. The third-order valence-corrected chi connectivity index (χ3v) is 5.17. The SMILES string of the molecule is CCCC(=O)C1(C)CCN(Cc2ccc(-c3ccccc3)cc2)C1. The average Bonchev–Trinajstić information content (AvgIpc) is 2.99. The van der Waals surface area contributed by atoms with Crippen LogP contribution in [0.3, 0.4) is 0 Å². The zero-order valence-electron chi connectivity index (χ0n) is 14.8. The zero-order valence-corrected chi connectivity index (χ0v) is 14.8. The molecule has 0 aliphatic carbocycles. The van der Waals surface area contributed by atoms with Gasteiger partial charge in [-0.3, -0.25) is 9.69 Å². The van der Waals surface area contributed by atoms with E-state index in [1.165, 1.54) is 16.7 Å². The van der Waals surface area contributed by atoms with Gasteiger partial charge in [0, 0.05) is 24.9 Å². The summed E-state index contributed by atoms with van der Waals surface area (Å²) in [6, 6.07) is 19.3. The second-order valence-corrected chi connectivity index (χ2v) is 7.26. The Morgan fingerprint density at radius 2 is 1.71 bits per heavy atom. The van der Waals surface area contributed by atoms with Crippen LogP contribution in [-0.4, -0.2) is 23.8 Å². The number of hydrogen-bond donors (Lipinski definition) is 0. The first-order valence-corrected chi connectivity index (χ1v) is 9.01. The molecule has 1 heterocycles. The van der Waals surface area contributed by atoms with Crippen LogP contribution in [0.2, 0.25) is 0 Å². The van der Waals surface area contributed by atoms with E-state index in [1.54, 1.807) is 0 Å². The van der Waals surface area contributed by atoms with E-state index in [0.29, 0.717) is 5.78 Å². The lowest BCUT2D eigenvalue weighted by Crippen LogP contribution is -2.31. The lowest BCUT2D eigenvalue weighted by Gasteiger charge is -2.23. The van der Waals surface area contributed by atoms with Gasteiger partial charge >= 0.3 is 0 Å². The molecule has 0 bridgehead atoms. The van der Waals surface area contributed by atoms with E-state index in [4.69, 9.17) is 0 Å². The Hall–Kier alpha value is -1.93. The Morgan fingerprint density at radius 3 is 2.38 bits per heavy atom. The molecule has 1 saturated heterocycles. The molecule has 2 aromatic carbocycles. The third-order valence-electron chi connectivity index (χ3n) is 5.17. The normalized spacial score (nSPS) is 21.1. The predicted octanol–water partition coefficient (Wildman–Crippen LogP) is 4.93. The fourth-order valence-electron chi connectivity index (χ4n) is 3.64. The van der Waals surface area contributed by atoms with Crippen LogP contribution in [0.15, 0.2) is 54.6 Å². The quantitative estimate of drug-likeness (QED) is 0.751. The third kappa shape index (κ3) is 3.76. The maximum atomic E-state index is 12.3. The molecule has 0 amide bonds. The van der Waals surface area contributed by atoms with Crippen LogP contribution in [0.4, 0.5) is 0 Å². The first kappa shape index (κ1) is 16.9. The summed E-state index contributed by atoms with van der Waals surface area (Å²) in [4.78, 5) is 14.8. The van der Waals surface area contributed by atoms with Gasteiger partial charge in [-0.15, -0.1) is 0 Å². The highest BCUT2D eigenvalue weighted by Crippen LogP contribution is 2.33. The van der Waals surface area contributed by atoms with Gasteiger partial charge in [0.05, 0.1) is 0 Å². The van der Waals surface area contributed by atoms with Crippen LogP contribution >= 0.6 is 0 Å². The van der Waals surface area contributed by atoms with Crippen LogP contribution in [0.5, 0.6) is 0 Å². The maximum Gasteiger partial charge on any atom is 0.140 e. The molecule has 126 valence electrons. The second-order valence-electron chi connectivity index (χ2n) is 7.26. The molecule has 1 fully saturated rings. The largest absolute Gasteiger partial charge is 0.299 e. The number of carbonyl (C=O) groups excluding carboxylic acids is 1. The standard InChI is InChI=1S/C22H27NO/c1-3-7-21(24)22(2)14-15-23(17-22)16-18-10-12-20(13-11-18)19-8-5-4-6-9-19/h4-6,8-13H,3,7,14-17H2,1-2H3. The number of benzene rings is 2. The summed E-state index contributed by atoms with van der Waals surface area (Å²) < 4.78 is 0. The number of carbonyl (C=O) groups is 1. The van der Waals surface area contributed by atoms with E-state index >= 15 is 0 Å². The van der Waals surface area contributed by atoms with Gasteiger partial charge in [-0.1, -0.05) is 68.4 Å². The lowest BCUT2D eigenvalue weighted by atomic mass is 9.83. The minimum absolute atomic E-state index is 0.139. The van der Waals surface area contributed by atoms with Crippen LogP contribution in [0.1, 0.15) is 38.7 Å². The Labute approximate surface area is 145 Å². The predicted molar refractivity (Wildman–Crippen MR) is 99.8 cm³/mol. The first-order chi connectivity index (χ1) is 11.6. The van der Waals surface area contributed by atoms with E-state index < -0.39 is 0 Å². The fourth-order valence-corrected chi connectivity index (χ4v) is 3.64. The Balaban J connectivity index is 1.62. The number of Topliss-reactive ketones (excluding diaryl/α,β-unsaturated/α-hetero) is 1. The minimum atomic E-state index is -0.139. The minimum Gasteiger partial charge on any atom is -0.299 e. The van der Waals surface area contributed by atoms with Gasteiger partial charge < -0.3 is 0 Å². The summed E-state index contributed by atoms with van der Waals surface area (Å²) >= 11 is 0. The highest BCUT2D eigenvalue weighted by atomic mass is 16.1. The molecule has 3 rings (SSSR count). The van der Waals surface area contributed by atoms with Gasteiger partial charge in [-0.2, -0.15) is 0 Å². The Morgan fingerprint density at radius 1 is 1.04 bits per heavy atom. The van der Waals surface area contributed by atoms with E-state index in [0.717, 1.165) is 38.9 Å². The molecule has 2 aromatic rings. The van der Waals surface area contributed by atoms with Crippen molar-refractivity contribution in [2.24, 2.45) is 5.41 Å². The molecule has 1 unspecified atom stereocenters. The molecule has 0 radical (unpaired) electrons. The van der Waals surface area contributed by atoms with Crippen LogP contribution in [0.25, 0.3) is 11.1 Å². The van der Waals surface area contributed by atoms with Gasteiger partial charge in [0.25, 0.3) is 0 Å². The van der Waals surface area contributed by atoms with E-state index in [2.05, 4.69) is 67.3 Å². The molecule has 24 heavy (non-hydrogen) atoms. The average molecular weight is 321 g/mol. The highest BCUT2D eigenvalue weighted by molar-refractivity contribution is 5.85. The van der Waals surface area contributed by atoms with Crippen molar-refractivity contribution in [1.29, 1.82) is 0 Å². The molecule has 1 aliphatic heterocycles. The van der Waals surface area contributed by atoms with Crippen LogP contribution in [-0.2, 0) is 11.3 Å². The summed E-state index contributed by atoms with van der Waals surface area (Å²) in [5, 5.41) is 0. The number of likely N-dealkylation sites (tertiary alicyclic amines) is 1. The molecule has 2 heteroatoms. The first-order valence-electron chi connectivity index (χ1n) is 9.01. The molecule has 1 aliphatic rings. The van der Waals surface area contributed by atoms with Crippen molar-refractivity contribution in [2.75, 3.05) is 13.1 Å². The Bertz CT molecular complexity index is 677. The van der Waals surface area contributed by atoms with Crippen molar-refractivity contribution >= 4 is 5.78 Å². The summed E-state index contributed by atoms with van der Waals surface area (Å²) in [7, 11) is 0. The molecule has 2 nitrogen and oxygen atoms in total. The van der Waals surface area contributed by atoms with Crippen molar-refractivity contribution in [3.8, 4) is 11.1 Å². The summed E-state index contributed by atoms with van der Waals surface area (Å²) in [5.74, 6) is 0.437. The van der Waals surface area contributed by atoms with Gasteiger partial charge in [0.1, 0.15) is 5.78 Å². The molecular formula is C22H27NO. The van der Waals surface area contributed by atoms with Crippen molar-refractivity contribution < 1.29 is 4.79 Å². The summed E-state index contributed by atoms with van der Waals surface area (Å²) in [5.41, 5.74) is 3.69. The van der Waals surface area contributed by atoms with Gasteiger partial charge in [0.15, 0.2) is 0 Å². The molecular weight excluding hydrogens is 294 g/mol. The summed E-state index contributed by atoms with van der Waals surface area (Å²) in [6.45, 7) is 7.08. The summed E-state index contributed by atoms with van der Waals surface area (Å²) in [6.07, 6.45) is 2.67. The van der Waals surface area contributed by atoms with Crippen molar-refractivity contribution in [3.63, 3.8) is 0 Å². The monoisotopic (exact) mass is 321 g/mol. The number of ketones is 1. The highest BCUT2D eigenvalue weighted by Gasteiger charge is 2.38. The smallest absolute Gasteiger partial charge is 0.140 e. The van der Waals surface area contributed by atoms with Crippen molar-refractivity contribution in [1.82, 2.24) is 4.90 Å². The fraction of sp³-hybridized carbons (Fsp3) is 0.409. The topological polar surface area (TPSA) is 20.3 Å². The molecule has 0 spiro atoms. The molecule has 0 aromatic heterocycles. The van der Waals surface area contributed by atoms with Gasteiger partial charge in [-0.25, -0.2) is 0 Å². The van der Waals surface area contributed by atoms with Crippen molar-refractivity contribution in [3.05, 3.63) is 60.2 Å². The maximum absolute atomic E-state index is 12.3. The van der Waals surface area contributed by atoms with Crippen LogP contribution < -0.4 is 0 Å². The van der Waals surface area contributed by atoms with E-state index in [-0.39, 0.29) is 5.41 Å². The van der Waals surface area contributed by atoms with Crippen LogP contribution in [0, 0.1) is 5.41 Å². The zero-order chi connectivity index (χ0) is 17.0. The van der Waals surface area contributed by atoms with E-state index in [1.807, 2.05) is 6.07 Å². The number of rotatable bonds is 6. The lowest BCUT2D eigenvalue weighted by molar-refractivity contribution is -0.127. The number of nitrogens with zero attached hydrogens (tertiary/aromatic N) is 1.